The summed E-state index contributed by atoms with van der Waals surface area (Å²) in [6, 6.07) is 8.76. The van der Waals surface area contributed by atoms with E-state index >= 15 is 0 Å². The van der Waals surface area contributed by atoms with Gasteiger partial charge in [0.2, 0.25) is 0 Å². The highest BCUT2D eigenvalue weighted by Gasteiger charge is 2.58. The van der Waals surface area contributed by atoms with Gasteiger partial charge in [0.05, 0.1) is 4.92 Å². The van der Waals surface area contributed by atoms with Gasteiger partial charge in [0.15, 0.2) is 0 Å². The Labute approximate surface area is 225 Å². The minimum Gasteiger partial charge on any atom is -0.340 e. The summed E-state index contributed by atoms with van der Waals surface area (Å²) >= 11 is 0. The van der Waals surface area contributed by atoms with Gasteiger partial charge in [-0.15, -0.1) is 0 Å². The van der Waals surface area contributed by atoms with E-state index in [1.165, 1.54) is 36.4 Å². The minimum absolute atomic E-state index is 0.00145. The molecule has 2 N–H and O–H groups in total. The predicted octanol–water partition coefficient (Wildman–Crippen LogP) is 2.33. The summed E-state index contributed by atoms with van der Waals surface area (Å²) in [5.41, 5.74) is 1.33. The van der Waals surface area contributed by atoms with Crippen molar-refractivity contribution in [2.75, 3.05) is 0 Å². The highest BCUT2D eigenvalue weighted by Crippen LogP contribution is 2.61. The molecule has 5 aliphatic rings. The number of rotatable bonds is 6. The third-order valence-corrected chi connectivity index (χ3v) is 12.8. The van der Waals surface area contributed by atoms with Crippen molar-refractivity contribution >= 4 is 37.5 Å². The van der Waals surface area contributed by atoms with Crippen molar-refractivity contribution in [2.24, 2.45) is 23.2 Å². The number of benzene rings is 2. The number of nitro groups is 1. The lowest BCUT2D eigenvalue weighted by Crippen LogP contribution is -2.64. The molecule has 7 rings (SSSR count). The van der Waals surface area contributed by atoms with E-state index in [0.717, 1.165) is 31.4 Å². The summed E-state index contributed by atoms with van der Waals surface area (Å²) in [5, 5.41) is 13.8. The summed E-state index contributed by atoms with van der Waals surface area (Å²) in [6.45, 7) is 0. The lowest BCUT2D eigenvalue weighted by molar-refractivity contribution is -0.384. The Morgan fingerprint density at radius 1 is 0.872 bits per heavy atom. The third-order valence-electron chi connectivity index (χ3n) is 8.62. The van der Waals surface area contributed by atoms with E-state index in [1.54, 1.807) is 0 Å². The standard InChI is InChI=1S/C25H26N4O8S2/c30-23(18-5-7-19(8-6-18)28(32)33)26-22(25-12-15-9-16(13-25)11-17(10-15)14-25)24(31)27-29-38(34,35)20-3-1-2-4-21(20)39(29,36)37/h1-8,15-17,22H,9-14H2,(H,26,30)(H,27,31). The molecule has 0 spiro atoms. The highest BCUT2D eigenvalue weighted by molar-refractivity contribution is 8.06. The number of nitro benzene ring substituents is 1. The smallest absolute Gasteiger partial charge is 0.275 e. The zero-order valence-electron chi connectivity index (χ0n) is 20.6. The molecule has 1 heterocycles. The predicted molar refractivity (Wildman–Crippen MR) is 136 cm³/mol. The second-order valence-electron chi connectivity index (χ2n) is 11.1. The first-order chi connectivity index (χ1) is 18.4. The SMILES string of the molecule is O=C(NC(C(=O)NN1S(=O)(=O)c2ccccc2S1(=O)=O)C12CC3CC(CC(C3)C1)C2)c1ccc([N+](=O)[O-])cc1. The molecule has 4 fully saturated rings. The van der Waals surface area contributed by atoms with E-state index in [-0.39, 0.29) is 15.1 Å². The van der Waals surface area contributed by atoms with Crippen LogP contribution in [0.3, 0.4) is 0 Å². The summed E-state index contributed by atoms with van der Waals surface area (Å²) in [7, 11) is -9.19. The lowest BCUT2D eigenvalue weighted by atomic mass is 9.47. The highest BCUT2D eigenvalue weighted by atomic mass is 32.3. The number of nitrogens with one attached hydrogen (secondary N) is 2. The van der Waals surface area contributed by atoms with Gasteiger partial charge in [0.25, 0.3) is 37.5 Å². The molecule has 2 aromatic carbocycles. The zero-order valence-corrected chi connectivity index (χ0v) is 22.3. The molecule has 39 heavy (non-hydrogen) atoms. The number of hydrogen-bond acceptors (Lipinski definition) is 8. The molecule has 4 bridgehead atoms. The number of nitrogens with zero attached hydrogens (tertiary/aromatic N) is 2. The molecule has 1 aliphatic heterocycles. The number of sulfonamides is 2. The third kappa shape index (κ3) is 4.12. The fourth-order valence-electron chi connectivity index (χ4n) is 7.44. The fraction of sp³-hybridized carbons (Fsp3) is 0.440. The van der Waals surface area contributed by atoms with Gasteiger partial charge in [-0.3, -0.25) is 25.1 Å². The van der Waals surface area contributed by atoms with Crippen molar-refractivity contribution in [1.82, 2.24) is 14.6 Å². The van der Waals surface area contributed by atoms with Gasteiger partial charge in [-0.25, -0.2) is 16.8 Å². The van der Waals surface area contributed by atoms with Crippen LogP contribution in [0.25, 0.3) is 0 Å². The van der Waals surface area contributed by atoms with E-state index in [0.29, 0.717) is 37.0 Å². The van der Waals surface area contributed by atoms with Crippen LogP contribution < -0.4 is 10.7 Å². The van der Waals surface area contributed by atoms with Crippen LogP contribution in [0.15, 0.2) is 58.3 Å². The average molecular weight is 575 g/mol. The van der Waals surface area contributed by atoms with Gasteiger partial charge in [-0.1, -0.05) is 12.1 Å². The number of hydrogen-bond donors (Lipinski definition) is 2. The first-order valence-corrected chi connectivity index (χ1v) is 15.5. The molecule has 1 unspecified atom stereocenters. The number of non-ortho nitro benzene ring substituents is 1. The molecule has 14 heteroatoms. The second kappa shape index (κ2) is 8.83. The van der Waals surface area contributed by atoms with Crippen LogP contribution in [-0.2, 0) is 24.8 Å². The summed E-state index contributed by atoms with van der Waals surface area (Å²) in [4.78, 5) is 36.7. The summed E-state index contributed by atoms with van der Waals surface area (Å²) < 4.78 is 52.5. The van der Waals surface area contributed by atoms with Crippen LogP contribution in [0.5, 0.6) is 0 Å². The van der Waals surface area contributed by atoms with Gasteiger partial charge < -0.3 is 5.32 Å². The molecule has 0 radical (unpaired) electrons. The lowest BCUT2D eigenvalue weighted by Gasteiger charge is -2.58. The summed E-state index contributed by atoms with van der Waals surface area (Å²) in [6.07, 6.45) is 5.06. The van der Waals surface area contributed by atoms with Gasteiger partial charge in [0, 0.05) is 26.9 Å². The van der Waals surface area contributed by atoms with E-state index in [4.69, 9.17) is 0 Å². The Kier molecular flexibility index (Phi) is 5.86. The Morgan fingerprint density at radius 3 is 1.82 bits per heavy atom. The Hall–Kier alpha value is -3.36. The Morgan fingerprint density at radius 2 is 1.36 bits per heavy atom. The van der Waals surface area contributed by atoms with Crippen LogP contribution in [0.4, 0.5) is 5.69 Å². The first kappa shape index (κ1) is 25.9. The molecule has 0 aromatic heterocycles. The zero-order chi connectivity index (χ0) is 27.7. The maximum absolute atomic E-state index is 13.9. The normalized spacial score (nSPS) is 30.3. The van der Waals surface area contributed by atoms with Crippen molar-refractivity contribution < 1.29 is 31.3 Å². The first-order valence-electron chi connectivity index (χ1n) is 12.7. The van der Waals surface area contributed by atoms with E-state index in [2.05, 4.69) is 10.7 Å². The monoisotopic (exact) mass is 574 g/mol. The molecule has 4 saturated carbocycles. The Balaban J connectivity index is 1.34. The van der Waals surface area contributed by atoms with Crippen molar-refractivity contribution in [2.45, 2.75) is 54.4 Å². The summed E-state index contributed by atoms with van der Waals surface area (Å²) in [5.74, 6) is -0.507. The quantitative estimate of drug-likeness (QED) is 0.391. The molecular formula is C25H26N4O8S2. The molecule has 12 nitrogen and oxygen atoms in total. The van der Waals surface area contributed by atoms with Crippen LogP contribution in [0, 0.1) is 33.3 Å². The van der Waals surface area contributed by atoms with Crippen LogP contribution in [0.2, 0.25) is 0 Å². The van der Waals surface area contributed by atoms with Gasteiger partial charge in [0.1, 0.15) is 15.8 Å². The van der Waals surface area contributed by atoms with Crippen molar-refractivity contribution in [1.29, 1.82) is 0 Å². The molecule has 2 aromatic rings. The maximum atomic E-state index is 13.9. The van der Waals surface area contributed by atoms with Crippen LogP contribution in [0.1, 0.15) is 48.9 Å². The largest absolute Gasteiger partial charge is 0.340 e. The number of fused-ring (bicyclic) bond motifs is 1. The molecular weight excluding hydrogens is 548 g/mol. The topological polar surface area (TPSA) is 173 Å². The number of carbonyl (C=O) groups is 2. The molecule has 2 amide bonds. The van der Waals surface area contributed by atoms with Crippen LogP contribution in [-0.4, -0.2) is 43.4 Å². The second-order valence-corrected chi connectivity index (χ2v) is 14.9. The molecule has 1 atom stereocenters. The fourth-order valence-corrected chi connectivity index (χ4v) is 11.5. The number of amides is 2. The van der Waals surface area contributed by atoms with Gasteiger partial charge in [-0.2, -0.15) is 0 Å². The van der Waals surface area contributed by atoms with E-state index < -0.39 is 58.0 Å². The van der Waals surface area contributed by atoms with Crippen LogP contribution >= 0.6 is 0 Å². The molecule has 206 valence electrons. The van der Waals surface area contributed by atoms with E-state index in [9.17, 15) is 36.5 Å². The average Bonchev–Trinajstić information content (AvgIpc) is 3.03. The number of hydrazine groups is 1. The molecule has 4 aliphatic carbocycles. The van der Waals surface area contributed by atoms with E-state index in [1.807, 2.05) is 0 Å². The van der Waals surface area contributed by atoms with Crippen molar-refractivity contribution in [3.63, 3.8) is 0 Å². The van der Waals surface area contributed by atoms with Gasteiger partial charge in [-0.05, 0) is 80.5 Å². The molecule has 0 saturated heterocycles. The van der Waals surface area contributed by atoms with Crippen molar-refractivity contribution in [3.8, 4) is 0 Å². The maximum Gasteiger partial charge on any atom is 0.275 e. The van der Waals surface area contributed by atoms with Crippen molar-refractivity contribution in [3.05, 3.63) is 64.2 Å². The minimum atomic E-state index is -4.60. The number of carbonyl (C=O) groups excluding carboxylic acids is 2. The Bertz CT molecular complexity index is 1520. The van der Waals surface area contributed by atoms with Gasteiger partial charge >= 0.3 is 0 Å².